The summed E-state index contributed by atoms with van der Waals surface area (Å²) in [4.78, 5) is 17.0. The van der Waals surface area contributed by atoms with Gasteiger partial charge in [-0.25, -0.2) is 4.39 Å². The fraction of sp³-hybridized carbons (Fsp3) is 0.435. The van der Waals surface area contributed by atoms with Gasteiger partial charge in [-0.2, -0.15) is 0 Å². The maximum absolute atomic E-state index is 13.1. The molecule has 29 heavy (non-hydrogen) atoms. The molecule has 0 bridgehead atoms. The van der Waals surface area contributed by atoms with Crippen molar-refractivity contribution in [1.29, 1.82) is 0 Å². The fourth-order valence-electron chi connectivity index (χ4n) is 3.81. The maximum atomic E-state index is 13.1. The number of carbonyl (C=O) groups is 1. The molecule has 0 spiro atoms. The number of hydrogen-bond donors (Lipinski definition) is 0. The van der Waals surface area contributed by atoms with E-state index in [4.69, 9.17) is 16.3 Å². The Morgan fingerprint density at radius 1 is 1.10 bits per heavy atom. The molecule has 4 nitrogen and oxygen atoms in total. The predicted molar refractivity (Wildman–Crippen MR) is 114 cm³/mol. The van der Waals surface area contributed by atoms with Gasteiger partial charge in [-0.05, 0) is 68.7 Å². The third-order valence-corrected chi connectivity index (χ3v) is 6.10. The Labute approximate surface area is 177 Å². The molecule has 3 rings (SSSR count). The van der Waals surface area contributed by atoms with Crippen molar-refractivity contribution in [2.24, 2.45) is 0 Å². The van der Waals surface area contributed by atoms with Crippen LogP contribution in [-0.4, -0.2) is 47.5 Å². The largest absolute Gasteiger partial charge is 0.484 e. The molecule has 2 aromatic rings. The SMILES string of the molecule is Cc1cc(OCC(=O)N2C[C@@H](C)N(Cc3ccc(F)cc3)C[C@@H]2C)cc(C)c1Cl. The molecule has 0 unspecified atom stereocenters. The highest BCUT2D eigenvalue weighted by Gasteiger charge is 2.32. The molecule has 0 aromatic heterocycles. The van der Waals surface area contributed by atoms with Crippen molar-refractivity contribution in [3.8, 4) is 5.75 Å². The molecule has 0 saturated carbocycles. The summed E-state index contributed by atoms with van der Waals surface area (Å²) in [6.45, 7) is 10.2. The van der Waals surface area contributed by atoms with Gasteiger partial charge >= 0.3 is 0 Å². The van der Waals surface area contributed by atoms with Crippen LogP contribution in [0.2, 0.25) is 5.02 Å². The van der Waals surface area contributed by atoms with Gasteiger partial charge in [0.1, 0.15) is 11.6 Å². The second-order valence-corrected chi connectivity index (χ2v) is 8.34. The van der Waals surface area contributed by atoms with Gasteiger partial charge in [0, 0.05) is 36.7 Å². The smallest absolute Gasteiger partial charge is 0.260 e. The molecule has 2 aromatic carbocycles. The van der Waals surface area contributed by atoms with E-state index < -0.39 is 0 Å². The molecule has 1 heterocycles. The van der Waals surface area contributed by atoms with Crippen molar-refractivity contribution < 1.29 is 13.9 Å². The zero-order valence-electron chi connectivity index (χ0n) is 17.4. The lowest BCUT2D eigenvalue weighted by Gasteiger charge is -2.44. The van der Waals surface area contributed by atoms with Crippen LogP contribution in [0.25, 0.3) is 0 Å². The van der Waals surface area contributed by atoms with Crippen molar-refractivity contribution >= 4 is 17.5 Å². The van der Waals surface area contributed by atoms with Crippen LogP contribution < -0.4 is 4.74 Å². The van der Waals surface area contributed by atoms with E-state index in [2.05, 4.69) is 18.7 Å². The number of rotatable bonds is 5. The molecule has 156 valence electrons. The first-order chi connectivity index (χ1) is 13.7. The third-order valence-electron chi connectivity index (χ3n) is 5.51. The molecule has 0 radical (unpaired) electrons. The van der Waals surface area contributed by atoms with E-state index in [0.29, 0.717) is 12.3 Å². The lowest BCUT2D eigenvalue weighted by Crippen LogP contribution is -2.58. The van der Waals surface area contributed by atoms with Crippen molar-refractivity contribution in [3.05, 3.63) is 63.9 Å². The van der Waals surface area contributed by atoms with Crippen LogP contribution in [0.15, 0.2) is 36.4 Å². The Morgan fingerprint density at radius 2 is 1.72 bits per heavy atom. The highest BCUT2D eigenvalue weighted by Crippen LogP contribution is 2.26. The highest BCUT2D eigenvalue weighted by molar-refractivity contribution is 6.32. The Kier molecular flexibility index (Phi) is 6.81. The Hall–Kier alpha value is -2.11. The number of nitrogens with zero attached hydrogens (tertiary/aromatic N) is 2. The van der Waals surface area contributed by atoms with E-state index in [1.54, 1.807) is 0 Å². The fourth-order valence-corrected chi connectivity index (χ4v) is 3.92. The van der Waals surface area contributed by atoms with Gasteiger partial charge in [-0.3, -0.25) is 9.69 Å². The summed E-state index contributed by atoms with van der Waals surface area (Å²) in [5.41, 5.74) is 2.94. The molecule has 1 fully saturated rings. The first kappa shape index (κ1) is 21.6. The zero-order chi connectivity index (χ0) is 21.1. The maximum Gasteiger partial charge on any atom is 0.260 e. The third kappa shape index (κ3) is 5.28. The van der Waals surface area contributed by atoms with E-state index in [1.165, 1.54) is 12.1 Å². The van der Waals surface area contributed by atoms with Gasteiger partial charge in [-0.1, -0.05) is 23.7 Å². The molecule has 1 saturated heterocycles. The van der Waals surface area contributed by atoms with Gasteiger partial charge in [-0.15, -0.1) is 0 Å². The van der Waals surface area contributed by atoms with Crippen LogP contribution in [0.1, 0.15) is 30.5 Å². The Balaban J connectivity index is 1.57. The average molecular weight is 419 g/mol. The minimum absolute atomic E-state index is 0.00946. The first-order valence-electron chi connectivity index (χ1n) is 9.92. The summed E-state index contributed by atoms with van der Waals surface area (Å²) < 4.78 is 18.9. The van der Waals surface area contributed by atoms with Gasteiger partial charge in [0.2, 0.25) is 0 Å². The normalized spacial score (nSPS) is 20.0. The summed E-state index contributed by atoms with van der Waals surface area (Å²) in [5.74, 6) is 0.418. The molecular weight excluding hydrogens is 391 g/mol. The van der Waals surface area contributed by atoms with Crippen LogP contribution in [0.5, 0.6) is 5.75 Å². The molecule has 1 amide bonds. The molecule has 2 atom stereocenters. The molecule has 1 aliphatic heterocycles. The first-order valence-corrected chi connectivity index (χ1v) is 10.3. The summed E-state index contributed by atoms with van der Waals surface area (Å²) in [5, 5.41) is 0.725. The van der Waals surface area contributed by atoms with Crippen LogP contribution in [0, 0.1) is 19.7 Å². The number of ether oxygens (including phenoxy) is 1. The summed E-state index contributed by atoms with van der Waals surface area (Å²) in [6.07, 6.45) is 0. The number of aryl methyl sites for hydroxylation is 2. The number of benzene rings is 2. The van der Waals surface area contributed by atoms with Gasteiger partial charge < -0.3 is 9.64 Å². The number of halogens is 2. The predicted octanol–water partition coefficient (Wildman–Crippen LogP) is 4.60. The second-order valence-electron chi connectivity index (χ2n) is 7.96. The summed E-state index contributed by atoms with van der Waals surface area (Å²) in [7, 11) is 0. The number of carbonyl (C=O) groups excluding carboxylic acids is 1. The van der Waals surface area contributed by atoms with E-state index in [-0.39, 0.29) is 30.4 Å². The molecule has 1 aliphatic rings. The second kappa shape index (κ2) is 9.14. The van der Waals surface area contributed by atoms with E-state index in [1.807, 2.05) is 43.0 Å². The van der Waals surface area contributed by atoms with E-state index in [9.17, 15) is 9.18 Å². The molecule has 0 N–H and O–H groups in total. The van der Waals surface area contributed by atoms with Gasteiger partial charge in [0.25, 0.3) is 5.91 Å². The minimum Gasteiger partial charge on any atom is -0.484 e. The number of piperazine rings is 1. The van der Waals surface area contributed by atoms with Crippen LogP contribution in [0.3, 0.4) is 0 Å². The number of amides is 1. The van der Waals surface area contributed by atoms with Crippen molar-refractivity contribution in [2.45, 2.75) is 46.3 Å². The quantitative estimate of drug-likeness (QED) is 0.711. The minimum atomic E-state index is -0.225. The number of hydrogen-bond acceptors (Lipinski definition) is 3. The summed E-state index contributed by atoms with van der Waals surface area (Å²) >= 11 is 6.19. The van der Waals surface area contributed by atoms with E-state index >= 15 is 0 Å². The molecular formula is C23H28ClFN2O2. The lowest BCUT2D eigenvalue weighted by molar-refractivity contribution is -0.139. The highest BCUT2D eigenvalue weighted by atomic mass is 35.5. The van der Waals surface area contributed by atoms with Crippen molar-refractivity contribution in [2.75, 3.05) is 19.7 Å². The van der Waals surface area contributed by atoms with Gasteiger partial charge in [0.05, 0.1) is 0 Å². The lowest BCUT2D eigenvalue weighted by atomic mass is 10.1. The van der Waals surface area contributed by atoms with Crippen LogP contribution in [0.4, 0.5) is 4.39 Å². The monoisotopic (exact) mass is 418 g/mol. The standard InChI is InChI=1S/C23H28ClFN2O2/c1-15-9-21(10-16(2)23(15)24)29-14-22(28)27-12-17(3)26(11-18(27)4)13-19-5-7-20(25)8-6-19/h5-10,17-18H,11-14H2,1-4H3/t17-,18+/m1/s1. The Bertz CT molecular complexity index is 849. The zero-order valence-corrected chi connectivity index (χ0v) is 18.2. The average Bonchev–Trinajstić information content (AvgIpc) is 2.68. The van der Waals surface area contributed by atoms with Gasteiger partial charge in [0.15, 0.2) is 6.61 Å². The van der Waals surface area contributed by atoms with Crippen molar-refractivity contribution in [3.63, 3.8) is 0 Å². The van der Waals surface area contributed by atoms with Crippen molar-refractivity contribution in [1.82, 2.24) is 9.80 Å². The van der Waals surface area contributed by atoms with E-state index in [0.717, 1.165) is 34.8 Å². The topological polar surface area (TPSA) is 32.8 Å². The Morgan fingerprint density at radius 3 is 2.34 bits per heavy atom. The van der Waals surface area contributed by atoms with Crippen LogP contribution in [-0.2, 0) is 11.3 Å². The molecule has 0 aliphatic carbocycles. The van der Waals surface area contributed by atoms with Crippen LogP contribution >= 0.6 is 11.6 Å². The summed E-state index contributed by atoms with van der Waals surface area (Å²) in [6, 6.07) is 10.6. The molecule has 6 heteroatoms.